The highest BCUT2D eigenvalue weighted by atomic mass is 35.5. The van der Waals surface area contributed by atoms with E-state index in [1.807, 2.05) is 0 Å². The number of aliphatic imine (C=N–C) groups is 2. The summed E-state index contributed by atoms with van der Waals surface area (Å²) in [5.74, 6) is -4.74. The predicted molar refractivity (Wildman–Crippen MR) is 163 cm³/mol. The molecule has 4 rings (SSSR count). The van der Waals surface area contributed by atoms with Gasteiger partial charge in [0.1, 0.15) is 12.9 Å². The van der Waals surface area contributed by atoms with Crippen molar-refractivity contribution in [2.75, 3.05) is 38.3 Å². The minimum atomic E-state index is -3.21. The van der Waals surface area contributed by atoms with Gasteiger partial charge in [0, 0.05) is 24.7 Å². The maximum Gasteiger partial charge on any atom is 0.410 e. The van der Waals surface area contributed by atoms with Crippen molar-refractivity contribution in [1.82, 2.24) is 14.8 Å². The van der Waals surface area contributed by atoms with E-state index in [9.17, 15) is 35.9 Å². The van der Waals surface area contributed by atoms with Crippen molar-refractivity contribution in [2.24, 2.45) is 25.9 Å². The Balaban J connectivity index is 1.71. The number of hydrogen-bond donors (Lipinski definition) is 1. The fourth-order valence-electron chi connectivity index (χ4n) is 4.73. The number of hydrazone groups is 2. The van der Waals surface area contributed by atoms with Gasteiger partial charge in [-0.15, -0.1) is 0 Å². The van der Waals surface area contributed by atoms with Gasteiger partial charge in [0.25, 0.3) is 11.8 Å². The number of benzene rings is 2. The standard InChI is InChI=1S/C28H28ClF6N9O3/c1-37-15-40-44(25(32)33)21-9-18(7-8-20(21)29)22(12-47-27(46)41-13-28(34,35)14-41)43(26(36)38-2)23(45)17-5-3-16(4-6-17)19-10-39-42(11-19)24(30)31/h3-10,15,19,22,24-25H,1,11-14H2,2H3,(H2,36,38)/b40-15-/t19?,22-/m1/s1. The molecule has 0 aromatic heterocycles. The van der Waals surface area contributed by atoms with Crippen LogP contribution in [0.2, 0.25) is 5.02 Å². The number of carbonyl (C=O) groups is 2. The van der Waals surface area contributed by atoms with Gasteiger partial charge in [-0.25, -0.2) is 23.6 Å². The van der Waals surface area contributed by atoms with Crippen LogP contribution < -0.4 is 10.7 Å². The van der Waals surface area contributed by atoms with Crippen molar-refractivity contribution < 1.29 is 40.7 Å². The summed E-state index contributed by atoms with van der Waals surface area (Å²) in [5, 5.41) is 7.88. The first kappa shape index (κ1) is 35.0. The molecule has 2 atom stereocenters. The molecule has 1 fully saturated rings. The van der Waals surface area contributed by atoms with Gasteiger partial charge in [0.2, 0.25) is 0 Å². The molecule has 2 amide bonds. The topological polar surface area (TPSA) is 132 Å². The molecule has 2 aromatic carbocycles. The summed E-state index contributed by atoms with van der Waals surface area (Å²) in [4.78, 5) is 35.5. The van der Waals surface area contributed by atoms with Crippen LogP contribution in [0.1, 0.15) is 33.4 Å². The fraction of sp³-hybridized carbons (Fsp3) is 0.357. The van der Waals surface area contributed by atoms with Crippen LogP contribution in [-0.4, -0.2) is 104 Å². The molecule has 2 aliphatic heterocycles. The molecule has 0 spiro atoms. The highest BCUT2D eigenvalue weighted by Crippen LogP contribution is 2.35. The second-order valence-electron chi connectivity index (χ2n) is 10.2. The van der Waals surface area contributed by atoms with E-state index in [0.29, 0.717) is 10.6 Å². The van der Waals surface area contributed by atoms with Crippen LogP contribution in [-0.2, 0) is 4.74 Å². The Kier molecular flexibility index (Phi) is 10.9. The zero-order chi connectivity index (χ0) is 34.5. The summed E-state index contributed by atoms with van der Waals surface area (Å²) in [6.45, 7) is -5.36. The van der Waals surface area contributed by atoms with Crippen LogP contribution in [0.3, 0.4) is 0 Å². The predicted octanol–water partition coefficient (Wildman–Crippen LogP) is 4.84. The van der Waals surface area contributed by atoms with E-state index in [2.05, 4.69) is 26.9 Å². The molecule has 2 aromatic rings. The lowest BCUT2D eigenvalue weighted by Gasteiger charge is -2.38. The number of ether oxygens (including phenoxy) is 1. The lowest BCUT2D eigenvalue weighted by molar-refractivity contribution is -0.120. The van der Waals surface area contributed by atoms with Gasteiger partial charge >= 0.3 is 19.2 Å². The number of halogens is 7. The van der Waals surface area contributed by atoms with Crippen LogP contribution in [0.15, 0.2) is 62.7 Å². The molecule has 47 heavy (non-hydrogen) atoms. The van der Waals surface area contributed by atoms with Crippen LogP contribution in [0.25, 0.3) is 0 Å². The third-order valence-corrected chi connectivity index (χ3v) is 7.43. The number of nitrogens with zero attached hydrogens (tertiary/aromatic N) is 8. The molecule has 19 heteroatoms. The van der Waals surface area contributed by atoms with E-state index in [1.54, 1.807) is 0 Å². The molecule has 1 unspecified atom stereocenters. The first-order valence-corrected chi connectivity index (χ1v) is 14.0. The summed E-state index contributed by atoms with van der Waals surface area (Å²) >= 11 is 6.22. The third-order valence-electron chi connectivity index (χ3n) is 7.11. The summed E-state index contributed by atoms with van der Waals surface area (Å²) < 4.78 is 86.1. The van der Waals surface area contributed by atoms with E-state index in [-0.39, 0.29) is 39.4 Å². The Labute approximate surface area is 269 Å². The lowest BCUT2D eigenvalue weighted by Crippen LogP contribution is -2.58. The third kappa shape index (κ3) is 8.11. The monoisotopic (exact) mass is 687 g/mol. The summed E-state index contributed by atoms with van der Waals surface area (Å²) in [7, 11) is 1.26. The molecule has 0 aliphatic carbocycles. The van der Waals surface area contributed by atoms with E-state index >= 15 is 0 Å². The number of likely N-dealkylation sites (tertiary alicyclic amines) is 1. The molecular weight excluding hydrogens is 660 g/mol. The molecule has 2 aliphatic rings. The van der Waals surface area contributed by atoms with Crippen LogP contribution in [0, 0.1) is 0 Å². The summed E-state index contributed by atoms with van der Waals surface area (Å²) in [6, 6.07) is 8.22. The molecular formula is C28H28ClF6N9O3. The summed E-state index contributed by atoms with van der Waals surface area (Å²) in [6.07, 6.45) is 0.984. The first-order chi connectivity index (χ1) is 22.3. The second-order valence-corrected chi connectivity index (χ2v) is 10.6. The Bertz CT molecular complexity index is 1550. The Hall–Kier alpha value is -4.87. The molecule has 0 radical (unpaired) electrons. The fourth-order valence-corrected chi connectivity index (χ4v) is 4.94. The zero-order valence-electron chi connectivity index (χ0n) is 24.6. The number of guanidine groups is 1. The average Bonchev–Trinajstić information content (AvgIpc) is 3.53. The minimum absolute atomic E-state index is 0.0322. The molecule has 12 nitrogen and oxygen atoms in total. The highest BCUT2D eigenvalue weighted by molar-refractivity contribution is 6.33. The quantitative estimate of drug-likeness (QED) is 0.118. The number of hydrogen-bond acceptors (Lipinski definition) is 8. The zero-order valence-corrected chi connectivity index (χ0v) is 25.3. The van der Waals surface area contributed by atoms with Crippen molar-refractivity contribution in [2.45, 2.75) is 31.0 Å². The first-order valence-electron chi connectivity index (χ1n) is 13.7. The Morgan fingerprint density at radius 1 is 1.19 bits per heavy atom. The average molecular weight is 688 g/mol. The van der Waals surface area contributed by atoms with Crippen LogP contribution in [0.4, 0.5) is 36.8 Å². The second kappa shape index (κ2) is 14.7. The number of amides is 2. The molecule has 1 saturated heterocycles. The maximum atomic E-state index is 14.0. The smallest absolute Gasteiger partial charge is 0.410 e. The number of carbonyl (C=O) groups excluding carboxylic acids is 2. The molecule has 0 bridgehead atoms. The molecule has 2 N–H and O–H groups in total. The van der Waals surface area contributed by atoms with Gasteiger partial charge in [0.05, 0.1) is 36.4 Å². The van der Waals surface area contributed by atoms with Gasteiger partial charge in [0.15, 0.2) is 5.96 Å². The number of alkyl halides is 6. The van der Waals surface area contributed by atoms with E-state index < -0.39 is 62.7 Å². The van der Waals surface area contributed by atoms with E-state index in [0.717, 1.165) is 22.2 Å². The lowest BCUT2D eigenvalue weighted by atomic mass is 9.98. The molecule has 252 valence electrons. The van der Waals surface area contributed by atoms with Crippen molar-refractivity contribution in [3.63, 3.8) is 0 Å². The van der Waals surface area contributed by atoms with Crippen molar-refractivity contribution in [3.05, 3.63) is 64.2 Å². The van der Waals surface area contributed by atoms with Gasteiger partial charge in [-0.05, 0) is 42.1 Å². The maximum absolute atomic E-state index is 14.0. The van der Waals surface area contributed by atoms with Gasteiger partial charge in [-0.2, -0.15) is 27.8 Å². The van der Waals surface area contributed by atoms with Gasteiger partial charge < -0.3 is 10.5 Å². The largest absolute Gasteiger partial charge is 0.447 e. The highest BCUT2D eigenvalue weighted by Gasteiger charge is 2.47. The van der Waals surface area contributed by atoms with Crippen LogP contribution >= 0.6 is 11.6 Å². The Morgan fingerprint density at radius 3 is 2.43 bits per heavy atom. The molecule has 0 saturated carbocycles. The minimum Gasteiger partial charge on any atom is -0.447 e. The SMILES string of the molecule is C=N/C=N\N(c1cc([C@@H](COC(=O)N2CC(F)(F)C2)N(C(=O)c2ccc(C3C=NN(C(F)F)C3)cc2)C(N)=NC)ccc1Cl)C(F)F. The number of anilines is 1. The number of rotatable bonds is 11. The van der Waals surface area contributed by atoms with Crippen molar-refractivity contribution in [3.8, 4) is 0 Å². The van der Waals surface area contributed by atoms with Gasteiger partial charge in [-0.1, -0.05) is 29.8 Å². The summed E-state index contributed by atoms with van der Waals surface area (Å²) in [5.41, 5.74) is 6.50. The van der Waals surface area contributed by atoms with Crippen molar-refractivity contribution in [1.29, 1.82) is 0 Å². The van der Waals surface area contributed by atoms with Crippen molar-refractivity contribution >= 4 is 54.5 Å². The van der Waals surface area contributed by atoms with E-state index in [1.165, 1.54) is 49.7 Å². The van der Waals surface area contributed by atoms with E-state index in [4.69, 9.17) is 22.1 Å². The normalized spacial score (nSPS) is 18.1. The Morgan fingerprint density at radius 2 is 1.87 bits per heavy atom. The van der Waals surface area contributed by atoms with Gasteiger partial charge in [-0.3, -0.25) is 24.6 Å². The molecule has 2 heterocycles. The van der Waals surface area contributed by atoms with Crippen LogP contribution in [0.5, 0.6) is 0 Å². The number of nitrogens with two attached hydrogens (primary N) is 1.